The van der Waals surface area contributed by atoms with Crippen molar-refractivity contribution < 1.29 is 4.79 Å². The van der Waals surface area contributed by atoms with E-state index in [2.05, 4.69) is 31.1 Å². The molecule has 6 heteroatoms. The molecule has 0 radical (unpaired) electrons. The van der Waals surface area contributed by atoms with Crippen molar-refractivity contribution in [3.8, 4) is 0 Å². The molecule has 5 nitrogen and oxygen atoms in total. The number of hydrogen-bond donors (Lipinski definition) is 1. The maximum atomic E-state index is 13.3. The van der Waals surface area contributed by atoms with Crippen molar-refractivity contribution in [2.24, 2.45) is 11.3 Å². The summed E-state index contributed by atoms with van der Waals surface area (Å²) in [6.07, 6.45) is 4.51. The highest BCUT2D eigenvalue weighted by atomic mass is 32.1. The number of para-hydroxylation sites is 1. The zero-order chi connectivity index (χ0) is 20.8. The van der Waals surface area contributed by atoms with Gasteiger partial charge in [0, 0.05) is 10.6 Å². The van der Waals surface area contributed by atoms with Gasteiger partial charge in [0.1, 0.15) is 10.9 Å². The van der Waals surface area contributed by atoms with E-state index in [1.807, 2.05) is 30.3 Å². The molecule has 152 valence electrons. The number of aromatic nitrogens is 2. The number of fused-ring (bicyclic) bond motifs is 3. The summed E-state index contributed by atoms with van der Waals surface area (Å²) in [6, 6.07) is 8.64. The van der Waals surface area contributed by atoms with E-state index in [9.17, 15) is 9.59 Å². The van der Waals surface area contributed by atoms with Gasteiger partial charge in [0.05, 0.1) is 11.7 Å². The lowest BCUT2D eigenvalue weighted by Gasteiger charge is -2.33. The molecule has 2 atom stereocenters. The average Bonchev–Trinajstić information content (AvgIpc) is 3.06. The van der Waals surface area contributed by atoms with Crippen LogP contribution in [0, 0.1) is 11.3 Å². The van der Waals surface area contributed by atoms with E-state index in [0.29, 0.717) is 17.0 Å². The Bertz CT molecular complexity index is 1110. The molecule has 0 saturated carbocycles. The zero-order valence-electron chi connectivity index (χ0n) is 17.4. The summed E-state index contributed by atoms with van der Waals surface area (Å²) < 4.78 is 1.46. The van der Waals surface area contributed by atoms with Crippen molar-refractivity contribution in [1.82, 2.24) is 9.55 Å². The van der Waals surface area contributed by atoms with Gasteiger partial charge in [0.25, 0.3) is 5.56 Å². The lowest BCUT2D eigenvalue weighted by Crippen LogP contribution is -2.32. The quantitative estimate of drug-likeness (QED) is 0.675. The Labute approximate surface area is 174 Å². The maximum absolute atomic E-state index is 13.3. The third-order valence-corrected chi connectivity index (χ3v) is 7.22. The summed E-state index contributed by atoms with van der Waals surface area (Å²) in [6.45, 7) is 8.60. The van der Waals surface area contributed by atoms with Crippen LogP contribution in [0.15, 0.2) is 41.5 Å². The number of thiophene rings is 1. The van der Waals surface area contributed by atoms with E-state index in [0.717, 1.165) is 29.7 Å². The van der Waals surface area contributed by atoms with Crippen LogP contribution in [-0.2, 0) is 17.6 Å². The van der Waals surface area contributed by atoms with Crippen molar-refractivity contribution in [1.29, 1.82) is 0 Å². The van der Waals surface area contributed by atoms with E-state index in [1.54, 1.807) is 18.3 Å². The van der Waals surface area contributed by atoms with Crippen LogP contribution in [0.5, 0.6) is 0 Å². The Balaban J connectivity index is 1.66. The molecule has 0 bridgehead atoms. The maximum Gasteiger partial charge on any atom is 0.263 e. The predicted octanol–water partition coefficient (Wildman–Crippen LogP) is 4.81. The van der Waals surface area contributed by atoms with E-state index in [-0.39, 0.29) is 16.9 Å². The number of benzene rings is 1. The van der Waals surface area contributed by atoms with Crippen molar-refractivity contribution in [3.63, 3.8) is 0 Å². The largest absolute Gasteiger partial charge is 0.324 e. The molecule has 1 aromatic carbocycles. The summed E-state index contributed by atoms with van der Waals surface area (Å²) in [4.78, 5) is 32.6. The monoisotopic (exact) mass is 409 g/mol. The Morgan fingerprint density at radius 1 is 1.28 bits per heavy atom. The van der Waals surface area contributed by atoms with Crippen LogP contribution in [0.25, 0.3) is 10.2 Å². The normalized spacial score (nSPS) is 17.7. The van der Waals surface area contributed by atoms with Gasteiger partial charge < -0.3 is 5.32 Å². The second kappa shape index (κ2) is 7.41. The smallest absolute Gasteiger partial charge is 0.263 e. The van der Waals surface area contributed by atoms with Crippen LogP contribution >= 0.6 is 11.3 Å². The van der Waals surface area contributed by atoms with Crippen LogP contribution in [0.3, 0.4) is 0 Å². The number of amides is 1. The van der Waals surface area contributed by atoms with Crippen LogP contribution in [-0.4, -0.2) is 15.5 Å². The molecular weight excluding hydrogens is 382 g/mol. The number of carbonyl (C=O) groups is 1. The van der Waals surface area contributed by atoms with Gasteiger partial charge in [-0.2, -0.15) is 0 Å². The molecule has 0 fully saturated rings. The Morgan fingerprint density at radius 3 is 2.69 bits per heavy atom. The zero-order valence-corrected chi connectivity index (χ0v) is 18.2. The van der Waals surface area contributed by atoms with Crippen LogP contribution in [0.1, 0.15) is 50.6 Å². The number of aryl methyl sites for hydroxylation is 1. The molecule has 2 unspecified atom stereocenters. The Morgan fingerprint density at radius 2 is 2.00 bits per heavy atom. The van der Waals surface area contributed by atoms with Gasteiger partial charge >= 0.3 is 0 Å². The lowest BCUT2D eigenvalue weighted by atomic mass is 9.72. The van der Waals surface area contributed by atoms with Crippen LogP contribution in [0.2, 0.25) is 0 Å². The minimum Gasteiger partial charge on any atom is -0.324 e. The topological polar surface area (TPSA) is 64.0 Å². The summed E-state index contributed by atoms with van der Waals surface area (Å²) in [5.41, 5.74) is 2.00. The SMILES string of the molecule is CC(C(=O)Nc1ccccc1)n1cnc2sc3c(c2c1=O)CCC(C(C)(C)C)C3. The van der Waals surface area contributed by atoms with E-state index >= 15 is 0 Å². The molecule has 0 saturated heterocycles. The molecule has 29 heavy (non-hydrogen) atoms. The first-order valence-corrected chi connectivity index (χ1v) is 10.9. The molecule has 0 aliphatic heterocycles. The first kappa shape index (κ1) is 19.8. The molecule has 3 aromatic rings. The van der Waals surface area contributed by atoms with E-state index in [1.165, 1.54) is 15.8 Å². The molecular formula is C23H27N3O2S. The van der Waals surface area contributed by atoms with Crippen molar-refractivity contribution >= 4 is 33.1 Å². The van der Waals surface area contributed by atoms with Gasteiger partial charge in [-0.15, -0.1) is 11.3 Å². The van der Waals surface area contributed by atoms with Crippen molar-refractivity contribution in [3.05, 3.63) is 57.5 Å². The number of rotatable bonds is 3. The molecule has 2 aromatic heterocycles. The van der Waals surface area contributed by atoms with Crippen LogP contribution < -0.4 is 10.9 Å². The molecule has 1 aliphatic carbocycles. The fourth-order valence-corrected chi connectivity index (χ4v) is 5.35. The molecule has 4 rings (SSSR count). The van der Waals surface area contributed by atoms with Gasteiger partial charge in [0.2, 0.25) is 5.91 Å². The highest BCUT2D eigenvalue weighted by molar-refractivity contribution is 7.18. The second-order valence-electron chi connectivity index (χ2n) is 8.98. The van der Waals surface area contributed by atoms with Gasteiger partial charge in [-0.25, -0.2) is 4.98 Å². The number of nitrogens with one attached hydrogen (secondary N) is 1. The first-order valence-electron chi connectivity index (χ1n) is 10.1. The number of hydrogen-bond acceptors (Lipinski definition) is 4. The molecule has 1 amide bonds. The molecule has 1 aliphatic rings. The first-order chi connectivity index (χ1) is 13.8. The van der Waals surface area contributed by atoms with Gasteiger partial charge in [-0.05, 0) is 55.2 Å². The fraction of sp³-hybridized carbons (Fsp3) is 0.435. The highest BCUT2D eigenvalue weighted by Gasteiger charge is 2.32. The van der Waals surface area contributed by atoms with Gasteiger partial charge in [-0.3, -0.25) is 14.2 Å². The van der Waals surface area contributed by atoms with Gasteiger partial charge in [0.15, 0.2) is 0 Å². The standard InChI is InChI=1S/C23H27N3O2S/c1-14(20(27)25-16-8-6-5-7-9-16)26-13-24-21-19(22(26)28)17-11-10-15(23(2,3)4)12-18(17)29-21/h5-9,13-15H,10-12H2,1-4H3,(H,25,27). The highest BCUT2D eigenvalue weighted by Crippen LogP contribution is 2.42. The minimum atomic E-state index is -0.638. The summed E-state index contributed by atoms with van der Waals surface area (Å²) in [7, 11) is 0. The minimum absolute atomic E-state index is 0.113. The Hall–Kier alpha value is -2.47. The van der Waals surface area contributed by atoms with Crippen LogP contribution in [0.4, 0.5) is 5.69 Å². The average molecular weight is 410 g/mol. The third kappa shape index (κ3) is 3.73. The second-order valence-corrected chi connectivity index (χ2v) is 10.1. The third-order valence-electron chi connectivity index (χ3n) is 6.06. The van der Waals surface area contributed by atoms with E-state index < -0.39 is 6.04 Å². The number of carbonyl (C=O) groups excluding carboxylic acids is 1. The fourth-order valence-electron chi connectivity index (χ4n) is 4.09. The lowest BCUT2D eigenvalue weighted by molar-refractivity contribution is -0.118. The summed E-state index contributed by atoms with van der Waals surface area (Å²) in [5.74, 6) is 0.386. The van der Waals surface area contributed by atoms with Gasteiger partial charge in [-0.1, -0.05) is 39.0 Å². The van der Waals surface area contributed by atoms with E-state index in [4.69, 9.17) is 0 Å². The predicted molar refractivity (Wildman–Crippen MR) is 119 cm³/mol. The number of anilines is 1. The van der Waals surface area contributed by atoms with Crippen molar-refractivity contribution in [2.75, 3.05) is 5.32 Å². The molecule has 0 spiro atoms. The number of nitrogens with zero attached hydrogens (tertiary/aromatic N) is 2. The van der Waals surface area contributed by atoms with Crippen molar-refractivity contribution in [2.45, 2.75) is 53.0 Å². The summed E-state index contributed by atoms with van der Waals surface area (Å²) in [5, 5.41) is 3.58. The molecule has 2 heterocycles. The summed E-state index contributed by atoms with van der Waals surface area (Å²) >= 11 is 1.64. The Kier molecular flexibility index (Phi) is 5.07. The molecule has 1 N–H and O–H groups in total.